The van der Waals surface area contributed by atoms with Gasteiger partial charge in [0.15, 0.2) is 0 Å². The maximum absolute atomic E-state index is 5.66. The molecule has 0 spiro atoms. The van der Waals surface area contributed by atoms with E-state index in [0.717, 1.165) is 29.5 Å². The molecule has 1 aliphatic heterocycles. The van der Waals surface area contributed by atoms with Crippen molar-refractivity contribution in [3.63, 3.8) is 0 Å². The molecule has 4 nitrogen and oxygen atoms in total. The van der Waals surface area contributed by atoms with Crippen molar-refractivity contribution in [1.29, 1.82) is 0 Å². The van der Waals surface area contributed by atoms with E-state index in [1.165, 1.54) is 12.0 Å². The number of ether oxygens (including phenoxy) is 1. The van der Waals surface area contributed by atoms with Gasteiger partial charge in [0.25, 0.3) is 0 Å². The fraction of sp³-hybridized carbons (Fsp3) is 0.467. The van der Waals surface area contributed by atoms with Crippen molar-refractivity contribution in [3.05, 3.63) is 45.9 Å². The summed E-state index contributed by atoms with van der Waals surface area (Å²) in [7, 11) is 1.96. The van der Waals surface area contributed by atoms with Crippen LogP contribution in [0.3, 0.4) is 0 Å². The van der Waals surface area contributed by atoms with Crippen LogP contribution in [0.4, 0.5) is 0 Å². The normalized spacial score (nSPS) is 20.1. The Morgan fingerprint density at radius 2 is 2.20 bits per heavy atom. The Balaban J connectivity index is 1.74. The first kappa shape index (κ1) is 13.7. The zero-order chi connectivity index (χ0) is 13.8. The molecule has 0 aliphatic carbocycles. The highest BCUT2D eigenvalue weighted by Crippen LogP contribution is 2.26. The molecule has 1 aromatic carbocycles. The minimum absolute atomic E-state index is 0.118. The van der Waals surface area contributed by atoms with Crippen LogP contribution in [0, 0.1) is 0 Å². The maximum atomic E-state index is 5.66. The predicted molar refractivity (Wildman–Crippen MR) is 79.9 cm³/mol. The molecular formula is C15H19N3OS. The van der Waals surface area contributed by atoms with Crippen LogP contribution in [-0.2, 0) is 11.2 Å². The van der Waals surface area contributed by atoms with E-state index < -0.39 is 0 Å². The Hall–Kier alpha value is -1.30. The van der Waals surface area contributed by atoms with E-state index in [0.29, 0.717) is 6.10 Å². The molecule has 1 N–H and O–H groups in total. The largest absolute Gasteiger partial charge is 0.378 e. The Morgan fingerprint density at radius 3 is 2.90 bits per heavy atom. The third-order valence-electron chi connectivity index (χ3n) is 3.58. The smallest absolute Gasteiger partial charge is 0.139 e. The van der Waals surface area contributed by atoms with Gasteiger partial charge in [-0.1, -0.05) is 41.7 Å². The van der Waals surface area contributed by atoms with Crippen molar-refractivity contribution in [3.8, 4) is 0 Å². The van der Waals surface area contributed by atoms with Gasteiger partial charge in [-0.05, 0) is 25.5 Å². The third-order valence-corrected chi connectivity index (χ3v) is 4.59. The van der Waals surface area contributed by atoms with E-state index in [1.54, 1.807) is 11.3 Å². The summed E-state index contributed by atoms with van der Waals surface area (Å²) in [5, 5.41) is 14.1. The SMILES string of the molecule is CNC(c1ccccc1)c1nnc(CC2CCCO2)s1. The van der Waals surface area contributed by atoms with Crippen LogP contribution in [-0.4, -0.2) is 30.0 Å². The summed E-state index contributed by atoms with van der Waals surface area (Å²) in [5.74, 6) is 0. The summed E-state index contributed by atoms with van der Waals surface area (Å²) >= 11 is 1.68. The van der Waals surface area contributed by atoms with Crippen LogP contribution < -0.4 is 5.32 Å². The molecule has 1 aromatic heterocycles. The average Bonchev–Trinajstić information content (AvgIpc) is 3.14. The summed E-state index contributed by atoms with van der Waals surface area (Å²) in [6.45, 7) is 0.888. The van der Waals surface area contributed by atoms with Crippen LogP contribution >= 0.6 is 11.3 Å². The summed E-state index contributed by atoms with van der Waals surface area (Å²) < 4.78 is 5.66. The highest BCUT2D eigenvalue weighted by Gasteiger charge is 2.21. The number of benzene rings is 1. The molecule has 1 fully saturated rings. The minimum atomic E-state index is 0.118. The van der Waals surface area contributed by atoms with E-state index in [1.807, 2.05) is 25.2 Å². The number of hydrogen-bond acceptors (Lipinski definition) is 5. The van der Waals surface area contributed by atoms with E-state index in [9.17, 15) is 0 Å². The Kier molecular flexibility index (Phi) is 4.40. The molecular weight excluding hydrogens is 270 g/mol. The second-order valence-corrected chi connectivity index (χ2v) is 6.10. The highest BCUT2D eigenvalue weighted by molar-refractivity contribution is 7.11. The van der Waals surface area contributed by atoms with Gasteiger partial charge in [-0.25, -0.2) is 0 Å². The molecule has 2 aromatic rings. The topological polar surface area (TPSA) is 47.0 Å². The molecule has 1 aliphatic rings. The minimum Gasteiger partial charge on any atom is -0.378 e. The van der Waals surface area contributed by atoms with Crippen LogP contribution in [0.2, 0.25) is 0 Å². The molecule has 0 amide bonds. The van der Waals surface area contributed by atoms with Gasteiger partial charge < -0.3 is 10.1 Å². The van der Waals surface area contributed by atoms with E-state index >= 15 is 0 Å². The first-order valence-electron chi connectivity index (χ1n) is 7.03. The molecule has 2 atom stereocenters. The molecule has 0 bridgehead atoms. The average molecular weight is 289 g/mol. The van der Waals surface area contributed by atoms with E-state index in [4.69, 9.17) is 4.74 Å². The van der Waals surface area contributed by atoms with Gasteiger partial charge in [0.1, 0.15) is 10.0 Å². The lowest BCUT2D eigenvalue weighted by Crippen LogP contribution is -2.17. The number of rotatable bonds is 5. The van der Waals surface area contributed by atoms with Gasteiger partial charge in [-0.15, -0.1) is 10.2 Å². The number of nitrogens with zero attached hydrogens (tertiary/aromatic N) is 2. The van der Waals surface area contributed by atoms with Gasteiger partial charge in [0, 0.05) is 13.0 Å². The van der Waals surface area contributed by atoms with Crippen LogP contribution in [0.1, 0.15) is 34.5 Å². The molecule has 0 saturated carbocycles. The fourth-order valence-electron chi connectivity index (χ4n) is 2.54. The Labute approximate surface area is 123 Å². The lowest BCUT2D eigenvalue weighted by molar-refractivity contribution is 0.111. The molecule has 5 heteroatoms. The van der Waals surface area contributed by atoms with Crippen LogP contribution in [0.25, 0.3) is 0 Å². The number of aromatic nitrogens is 2. The first-order chi connectivity index (χ1) is 9.86. The third kappa shape index (κ3) is 3.06. The highest BCUT2D eigenvalue weighted by atomic mass is 32.1. The van der Waals surface area contributed by atoms with Gasteiger partial charge >= 0.3 is 0 Å². The van der Waals surface area contributed by atoms with Crippen molar-refractivity contribution in [2.45, 2.75) is 31.4 Å². The van der Waals surface area contributed by atoms with Crippen molar-refractivity contribution < 1.29 is 4.74 Å². The van der Waals surface area contributed by atoms with Crippen molar-refractivity contribution >= 4 is 11.3 Å². The summed E-state index contributed by atoms with van der Waals surface area (Å²) in [6.07, 6.45) is 3.53. The molecule has 106 valence electrons. The lowest BCUT2D eigenvalue weighted by Gasteiger charge is -2.12. The molecule has 0 radical (unpaired) electrons. The molecule has 1 saturated heterocycles. The lowest BCUT2D eigenvalue weighted by atomic mass is 10.1. The zero-order valence-electron chi connectivity index (χ0n) is 11.6. The standard InChI is InChI=1S/C15H19N3OS/c1-16-14(11-6-3-2-4-7-11)15-18-17-13(20-15)10-12-8-5-9-19-12/h2-4,6-7,12,14,16H,5,8-10H2,1H3. The van der Waals surface area contributed by atoms with Crippen molar-refractivity contribution in [1.82, 2.24) is 15.5 Å². The van der Waals surface area contributed by atoms with Gasteiger partial charge in [0.05, 0.1) is 12.1 Å². The quantitative estimate of drug-likeness (QED) is 0.919. The van der Waals surface area contributed by atoms with Gasteiger partial charge in [-0.3, -0.25) is 0 Å². The van der Waals surface area contributed by atoms with E-state index in [-0.39, 0.29) is 6.04 Å². The zero-order valence-corrected chi connectivity index (χ0v) is 12.4. The maximum Gasteiger partial charge on any atom is 0.139 e. The Bertz CT molecular complexity index is 537. The van der Waals surface area contributed by atoms with Crippen LogP contribution in [0.15, 0.2) is 30.3 Å². The Morgan fingerprint density at radius 1 is 1.35 bits per heavy atom. The van der Waals surface area contributed by atoms with E-state index in [2.05, 4.69) is 27.6 Å². The second kappa shape index (κ2) is 6.43. The van der Waals surface area contributed by atoms with Crippen molar-refractivity contribution in [2.24, 2.45) is 0 Å². The summed E-state index contributed by atoms with van der Waals surface area (Å²) in [4.78, 5) is 0. The summed E-state index contributed by atoms with van der Waals surface area (Å²) in [6, 6.07) is 10.5. The molecule has 2 heterocycles. The molecule has 20 heavy (non-hydrogen) atoms. The second-order valence-electron chi connectivity index (χ2n) is 5.01. The first-order valence-corrected chi connectivity index (χ1v) is 7.84. The van der Waals surface area contributed by atoms with Crippen molar-refractivity contribution in [2.75, 3.05) is 13.7 Å². The fourth-order valence-corrected chi connectivity index (χ4v) is 3.59. The number of hydrogen-bond donors (Lipinski definition) is 1. The van der Waals surface area contributed by atoms with Gasteiger partial charge in [-0.2, -0.15) is 0 Å². The molecule has 3 rings (SSSR count). The monoisotopic (exact) mass is 289 g/mol. The van der Waals surface area contributed by atoms with Crippen LogP contribution in [0.5, 0.6) is 0 Å². The van der Waals surface area contributed by atoms with Gasteiger partial charge in [0.2, 0.25) is 0 Å². The molecule has 2 unspecified atom stereocenters. The summed E-state index contributed by atoms with van der Waals surface area (Å²) in [5.41, 5.74) is 1.22. The predicted octanol–water partition coefficient (Wildman–Crippen LogP) is 2.57. The number of nitrogens with one attached hydrogen (secondary N) is 1.